The van der Waals surface area contributed by atoms with Crippen molar-refractivity contribution < 1.29 is 17.4 Å². The first-order valence-corrected chi connectivity index (χ1v) is 12.0. The fraction of sp³-hybridized carbons (Fsp3) is 0.0435. The van der Waals surface area contributed by atoms with Gasteiger partial charge in [-0.05, 0) is 29.8 Å². The minimum atomic E-state index is -4.00. The molecule has 1 saturated heterocycles. The van der Waals surface area contributed by atoms with Crippen LogP contribution in [0.4, 0.5) is 0 Å². The second-order valence-corrected chi connectivity index (χ2v) is 9.86. The van der Waals surface area contributed by atoms with E-state index in [0.717, 1.165) is 5.56 Å². The van der Waals surface area contributed by atoms with Crippen molar-refractivity contribution in [3.63, 3.8) is 0 Å². The van der Waals surface area contributed by atoms with E-state index < -0.39 is 10.1 Å². The van der Waals surface area contributed by atoms with Crippen molar-refractivity contribution >= 4 is 50.4 Å². The topological polar surface area (TPSA) is 63.7 Å². The van der Waals surface area contributed by atoms with E-state index in [0.29, 0.717) is 21.3 Å². The van der Waals surface area contributed by atoms with E-state index in [2.05, 4.69) is 0 Å². The zero-order valence-corrected chi connectivity index (χ0v) is 18.6. The molecule has 1 aliphatic rings. The Hall–Kier alpha value is -2.94. The van der Waals surface area contributed by atoms with Gasteiger partial charge in [0.15, 0.2) is 0 Å². The summed E-state index contributed by atoms with van der Waals surface area (Å²) in [4.78, 5) is 14.9. The predicted octanol–water partition coefficient (Wildman–Crippen LogP) is 4.86. The highest BCUT2D eigenvalue weighted by Gasteiger charge is 2.32. The van der Waals surface area contributed by atoms with Crippen LogP contribution in [0.25, 0.3) is 6.08 Å². The number of thiocarbonyl (C=S) groups is 1. The van der Waals surface area contributed by atoms with Crippen LogP contribution in [0.15, 0.2) is 94.7 Å². The lowest BCUT2D eigenvalue weighted by atomic mass is 10.2. The molecule has 1 heterocycles. The van der Waals surface area contributed by atoms with Crippen LogP contribution in [-0.4, -0.2) is 23.5 Å². The SMILES string of the molecule is O=C1/C(=C\c2ccccc2OS(=O)(=O)c2ccccc2)SC(=S)N1Cc1ccccc1. The summed E-state index contributed by atoms with van der Waals surface area (Å²) in [5, 5.41) is 0. The highest BCUT2D eigenvalue weighted by Crippen LogP contribution is 2.35. The van der Waals surface area contributed by atoms with E-state index >= 15 is 0 Å². The third kappa shape index (κ3) is 4.87. The largest absolute Gasteiger partial charge is 0.378 e. The summed E-state index contributed by atoms with van der Waals surface area (Å²) >= 11 is 6.58. The zero-order valence-electron chi connectivity index (χ0n) is 16.2. The molecule has 3 aromatic carbocycles. The monoisotopic (exact) mass is 467 g/mol. The number of benzene rings is 3. The average Bonchev–Trinajstić information content (AvgIpc) is 3.04. The fourth-order valence-corrected chi connectivity index (χ4v) is 5.19. The van der Waals surface area contributed by atoms with Crippen LogP contribution in [0.5, 0.6) is 5.75 Å². The number of carbonyl (C=O) groups excluding carboxylic acids is 1. The first-order chi connectivity index (χ1) is 14.9. The molecule has 0 N–H and O–H groups in total. The Bertz CT molecular complexity index is 1260. The van der Waals surface area contributed by atoms with Gasteiger partial charge in [0.05, 0.1) is 11.4 Å². The maximum Gasteiger partial charge on any atom is 0.339 e. The van der Waals surface area contributed by atoms with Crippen LogP contribution < -0.4 is 4.18 Å². The predicted molar refractivity (Wildman–Crippen MR) is 126 cm³/mol. The summed E-state index contributed by atoms with van der Waals surface area (Å²) in [5.74, 6) is -0.0840. The van der Waals surface area contributed by atoms with E-state index in [1.54, 1.807) is 48.5 Å². The van der Waals surface area contributed by atoms with Crippen molar-refractivity contribution in [1.29, 1.82) is 0 Å². The van der Waals surface area contributed by atoms with Gasteiger partial charge in [-0.2, -0.15) is 8.42 Å². The lowest BCUT2D eigenvalue weighted by molar-refractivity contribution is -0.122. The Morgan fingerprint density at radius 2 is 1.52 bits per heavy atom. The first-order valence-electron chi connectivity index (χ1n) is 9.32. The standard InChI is InChI=1S/C23H17NO4S3/c25-22-21(30-23(29)24(22)16-17-9-3-1-4-10-17)15-18-11-7-8-14-20(18)28-31(26,27)19-12-5-2-6-13-19/h1-15H,16H2/b21-15+. The van der Waals surface area contributed by atoms with Crippen LogP contribution in [0.3, 0.4) is 0 Å². The third-order valence-corrected chi connectivity index (χ3v) is 7.12. The fourth-order valence-electron chi connectivity index (χ4n) is 2.97. The molecule has 0 aromatic heterocycles. The van der Waals surface area contributed by atoms with E-state index in [1.807, 2.05) is 30.3 Å². The first kappa shape index (κ1) is 21.3. The van der Waals surface area contributed by atoms with Gasteiger partial charge in [-0.3, -0.25) is 9.69 Å². The quantitative estimate of drug-likeness (QED) is 0.293. The number of nitrogens with zero attached hydrogens (tertiary/aromatic N) is 1. The van der Waals surface area contributed by atoms with Gasteiger partial charge in [-0.25, -0.2) is 0 Å². The van der Waals surface area contributed by atoms with Crippen molar-refractivity contribution in [3.8, 4) is 5.75 Å². The third-order valence-electron chi connectivity index (χ3n) is 4.49. The van der Waals surface area contributed by atoms with E-state index in [4.69, 9.17) is 16.4 Å². The number of thioether (sulfide) groups is 1. The minimum absolute atomic E-state index is 0.0546. The number of rotatable bonds is 6. The Labute approximate surface area is 190 Å². The molecule has 0 spiro atoms. The molecule has 8 heteroatoms. The molecule has 1 aliphatic heterocycles. The molecule has 0 bridgehead atoms. The van der Waals surface area contributed by atoms with Crippen LogP contribution in [0.1, 0.15) is 11.1 Å². The molecule has 31 heavy (non-hydrogen) atoms. The van der Waals surface area contributed by atoms with Crippen LogP contribution in [-0.2, 0) is 21.5 Å². The minimum Gasteiger partial charge on any atom is -0.378 e. The summed E-state index contributed by atoms with van der Waals surface area (Å²) in [5.41, 5.74) is 1.44. The number of hydrogen-bond donors (Lipinski definition) is 0. The van der Waals surface area contributed by atoms with Gasteiger partial charge in [0.2, 0.25) is 0 Å². The summed E-state index contributed by atoms with van der Waals surface area (Å²) in [6.07, 6.45) is 1.61. The summed E-state index contributed by atoms with van der Waals surface area (Å²) in [6, 6.07) is 24.2. The van der Waals surface area contributed by atoms with Gasteiger partial charge >= 0.3 is 10.1 Å². The van der Waals surface area contributed by atoms with Crippen molar-refractivity contribution in [3.05, 3.63) is 101 Å². The highest BCUT2D eigenvalue weighted by atomic mass is 32.2. The molecule has 0 atom stereocenters. The molecule has 0 radical (unpaired) electrons. The lowest BCUT2D eigenvalue weighted by Gasteiger charge is -2.14. The maximum absolute atomic E-state index is 12.9. The molecule has 0 aliphatic carbocycles. The molecular weight excluding hydrogens is 450 g/mol. The maximum atomic E-state index is 12.9. The van der Waals surface area contributed by atoms with Gasteiger partial charge in [0, 0.05) is 5.56 Å². The number of hydrogen-bond acceptors (Lipinski definition) is 6. The smallest absolute Gasteiger partial charge is 0.339 e. The molecule has 0 unspecified atom stereocenters. The van der Waals surface area contributed by atoms with Crippen LogP contribution >= 0.6 is 24.0 Å². The van der Waals surface area contributed by atoms with Gasteiger partial charge in [-0.15, -0.1) is 0 Å². The van der Waals surface area contributed by atoms with Crippen LogP contribution in [0, 0.1) is 0 Å². The number of carbonyl (C=O) groups is 1. The molecule has 156 valence electrons. The van der Waals surface area contributed by atoms with Gasteiger partial charge in [0.25, 0.3) is 5.91 Å². The van der Waals surface area contributed by atoms with Gasteiger partial charge < -0.3 is 4.18 Å². The van der Waals surface area contributed by atoms with Crippen LogP contribution in [0.2, 0.25) is 0 Å². The second-order valence-electron chi connectivity index (χ2n) is 6.64. The molecule has 1 fully saturated rings. The Kier molecular flexibility index (Phi) is 6.22. The highest BCUT2D eigenvalue weighted by molar-refractivity contribution is 8.26. The van der Waals surface area contributed by atoms with E-state index in [9.17, 15) is 13.2 Å². The Morgan fingerprint density at radius 1 is 0.903 bits per heavy atom. The van der Waals surface area contributed by atoms with Gasteiger partial charge in [0.1, 0.15) is 15.0 Å². The normalized spacial score (nSPS) is 15.5. The number of amides is 1. The molecule has 0 saturated carbocycles. The van der Waals surface area contributed by atoms with Gasteiger partial charge in [-0.1, -0.05) is 90.7 Å². The summed E-state index contributed by atoms with van der Waals surface area (Å²) < 4.78 is 31.1. The molecule has 4 rings (SSSR count). The van der Waals surface area contributed by atoms with Crippen molar-refractivity contribution in [2.75, 3.05) is 0 Å². The van der Waals surface area contributed by atoms with Crippen molar-refractivity contribution in [2.45, 2.75) is 11.4 Å². The lowest BCUT2D eigenvalue weighted by Crippen LogP contribution is -2.27. The average molecular weight is 468 g/mol. The van der Waals surface area contributed by atoms with Crippen molar-refractivity contribution in [1.82, 2.24) is 4.90 Å². The van der Waals surface area contributed by atoms with E-state index in [-0.39, 0.29) is 16.6 Å². The molecule has 5 nitrogen and oxygen atoms in total. The zero-order chi connectivity index (χ0) is 21.8. The summed E-state index contributed by atoms with van der Waals surface area (Å²) in [7, 11) is -4.00. The molecular formula is C23H17NO4S3. The second kappa shape index (κ2) is 9.05. The van der Waals surface area contributed by atoms with E-state index in [1.165, 1.54) is 28.8 Å². The molecule has 1 amide bonds. The van der Waals surface area contributed by atoms with Crippen molar-refractivity contribution in [2.24, 2.45) is 0 Å². The molecule has 3 aromatic rings. The number of para-hydroxylation sites is 1. The Morgan fingerprint density at radius 3 is 2.23 bits per heavy atom. The summed E-state index contributed by atoms with van der Waals surface area (Å²) in [6.45, 7) is 0.378. The Balaban J connectivity index is 1.60.